The summed E-state index contributed by atoms with van der Waals surface area (Å²) in [6.45, 7) is 3.75. The average molecular weight is 230 g/mol. The Kier molecular flexibility index (Phi) is 3.68. The molecule has 2 N–H and O–H groups in total. The molecular weight excluding hydrogens is 221 g/mol. The minimum Gasteiger partial charge on any atom is -0.478 e. The van der Waals surface area contributed by atoms with E-state index in [9.17, 15) is 9.18 Å². The minimum atomic E-state index is -1.29. The predicted molar refractivity (Wildman–Crippen MR) is 56.8 cm³/mol. The van der Waals surface area contributed by atoms with Crippen LogP contribution in [0, 0.1) is 5.82 Å². The number of carboxylic acid groups (broad SMARTS) is 1. The Bertz CT molecular complexity index is 406. The number of hydrogen-bond donors (Lipinski definition) is 2. The van der Waals surface area contributed by atoms with Gasteiger partial charge in [-0.3, -0.25) is 0 Å². The zero-order valence-electron chi connectivity index (χ0n) is 7.76. The van der Waals surface area contributed by atoms with Gasteiger partial charge in [0.25, 0.3) is 0 Å². The first-order valence-corrected chi connectivity index (χ1v) is 4.48. The Morgan fingerprint density at radius 2 is 2.27 bits per heavy atom. The average Bonchev–Trinajstić information content (AvgIpc) is 2.14. The Morgan fingerprint density at radius 1 is 1.60 bits per heavy atom. The SMILES string of the molecule is C=C(Cl)CNc1ccc(C(=O)O)c(F)c1. The largest absolute Gasteiger partial charge is 0.478 e. The van der Waals surface area contributed by atoms with Gasteiger partial charge in [0.05, 0.1) is 12.1 Å². The summed E-state index contributed by atoms with van der Waals surface area (Å²) < 4.78 is 13.1. The van der Waals surface area contributed by atoms with Crippen molar-refractivity contribution in [3.05, 3.63) is 41.2 Å². The molecule has 1 aromatic rings. The monoisotopic (exact) mass is 229 g/mol. The van der Waals surface area contributed by atoms with Gasteiger partial charge in [-0.15, -0.1) is 0 Å². The zero-order chi connectivity index (χ0) is 11.4. The van der Waals surface area contributed by atoms with Crippen molar-refractivity contribution in [1.82, 2.24) is 0 Å². The molecule has 0 heterocycles. The fraction of sp³-hybridized carbons (Fsp3) is 0.100. The predicted octanol–water partition coefficient (Wildman–Crippen LogP) is 2.69. The molecule has 15 heavy (non-hydrogen) atoms. The third-order valence-electron chi connectivity index (χ3n) is 1.68. The van der Waals surface area contributed by atoms with Crippen LogP contribution in [0.4, 0.5) is 10.1 Å². The van der Waals surface area contributed by atoms with Gasteiger partial charge >= 0.3 is 5.97 Å². The molecule has 0 radical (unpaired) electrons. The normalized spacial score (nSPS) is 9.73. The van der Waals surface area contributed by atoms with Crippen molar-refractivity contribution < 1.29 is 14.3 Å². The van der Waals surface area contributed by atoms with Gasteiger partial charge < -0.3 is 10.4 Å². The second kappa shape index (κ2) is 4.79. The fourth-order valence-electron chi connectivity index (χ4n) is 0.996. The van der Waals surface area contributed by atoms with Crippen molar-refractivity contribution in [1.29, 1.82) is 0 Å². The van der Waals surface area contributed by atoms with E-state index in [1.54, 1.807) is 0 Å². The molecule has 0 spiro atoms. The Labute approximate surface area is 91.2 Å². The summed E-state index contributed by atoms with van der Waals surface area (Å²) in [5.74, 6) is -2.08. The molecule has 0 aromatic heterocycles. The third-order valence-corrected chi connectivity index (χ3v) is 1.82. The lowest BCUT2D eigenvalue weighted by Gasteiger charge is -2.05. The highest BCUT2D eigenvalue weighted by Crippen LogP contribution is 2.15. The molecule has 1 rings (SSSR count). The second-order valence-corrected chi connectivity index (χ2v) is 3.41. The maximum atomic E-state index is 13.1. The van der Waals surface area contributed by atoms with Crippen LogP contribution in [0.5, 0.6) is 0 Å². The number of nitrogens with one attached hydrogen (secondary N) is 1. The quantitative estimate of drug-likeness (QED) is 0.835. The molecule has 3 nitrogen and oxygen atoms in total. The molecule has 0 saturated heterocycles. The van der Waals surface area contributed by atoms with E-state index in [0.29, 0.717) is 17.3 Å². The number of hydrogen-bond acceptors (Lipinski definition) is 2. The van der Waals surface area contributed by atoms with Gasteiger partial charge in [-0.25, -0.2) is 9.18 Å². The molecule has 5 heteroatoms. The van der Waals surface area contributed by atoms with Crippen molar-refractivity contribution in [2.24, 2.45) is 0 Å². The summed E-state index contributed by atoms with van der Waals surface area (Å²) in [6.07, 6.45) is 0. The van der Waals surface area contributed by atoms with E-state index >= 15 is 0 Å². The standard InChI is InChI=1S/C10H9ClFNO2/c1-6(11)5-13-7-2-3-8(10(14)15)9(12)4-7/h2-4,13H,1,5H2,(H,14,15). The Balaban J connectivity index is 2.82. The highest BCUT2D eigenvalue weighted by Gasteiger charge is 2.09. The minimum absolute atomic E-state index is 0.299. The van der Waals surface area contributed by atoms with Crippen molar-refractivity contribution in [3.8, 4) is 0 Å². The summed E-state index contributed by atoms with van der Waals surface area (Å²) in [6, 6.07) is 3.76. The van der Waals surface area contributed by atoms with Crippen molar-refractivity contribution >= 4 is 23.3 Å². The van der Waals surface area contributed by atoms with Crippen LogP contribution in [0.15, 0.2) is 29.8 Å². The number of benzene rings is 1. The number of anilines is 1. The van der Waals surface area contributed by atoms with Gasteiger partial charge in [-0.2, -0.15) is 0 Å². The van der Waals surface area contributed by atoms with E-state index in [0.717, 1.165) is 6.07 Å². The van der Waals surface area contributed by atoms with Crippen LogP contribution in [0.25, 0.3) is 0 Å². The van der Waals surface area contributed by atoms with Crippen LogP contribution in [0.3, 0.4) is 0 Å². The van der Waals surface area contributed by atoms with Crippen LogP contribution in [-0.2, 0) is 0 Å². The van der Waals surface area contributed by atoms with Gasteiger partial charge in [0.2, 0.25) is 0 Å². The Hall–Kier alpha value is -1.55. The maximum Gasteiger partial charge on any atom is 0.338 e. The lowest BCUT2D eigenvalue weighted by atomic mass is 10.2. The van der Waals surface area contributed by atoms with E-state index in [1.165, 1.54) is 12.1 Å². The number of aromatic carboxylic acids is 1. The number of rotatable bonds is 4. The highest BCUT2D eigenvalue weighted by atomic mass is 35.5. The molecule has 80 valence electrons. The van der Waals surface area contributed by atoms with Crippen molar-refractivity contribution in [2.45, 2.75) is 0 Å². The van der Waals surface area contributed by atoms with E-state index in [1.807, 2.05) is 0 Å². The molecule has 0 bridgehead atoms. The van der Waals surface area contributed by atoms with Crippen LogP contribution >= 0.6 is 11.6 Å². The topological polar surface area (TPSA) is 49.3 Å². The van der Waals surface area contributed by atoms with Gasteiger partial charge in [0.1, 0.15) is 5.82 Å². The van der Waals surface area contributed by atoms with Crippen molar-refractivity contribution in [3.63, 3.8) is 0 Å². The van der Waals surface area contributed by atoms with Crippen LogP contribution in [0.2, 0.25) is 0 Å². The molecule has 0 amide bonds. The lowest BCUT2D eigenvalue weighted by molar-refractivity contribution is 0.0692. The highest BCUT2D eigenvalue weighted by molar-refractivity contribution is 6.29. The Morgan fingerprint density at radius 3 is 2.73 bits per heavy atom. The molecular formula is C10H9ClFNO2. The molecule has 0 aliphatic carbocycles. The van der Waals surface area contributed by atoms with Crippen LogP contribution in [-0.4, -0.2) is 17.6 Å². The maximum absolute atomic E-state index is 13.1. The smallest absolute Gasteiger partial charge is 0.338 e. The molecule has 0 fully saturated rings. The molecule has 0 unspecified atom stereocenters. The molecule has 1 aromatic carbocycles. The van der Waals surface area contributed by atoms with E-state index in [2.05, 4.69) is 11.9 Å². The third kappa shape index (κ3) is 3.25. The number of carbonyl (C=O) groups is 1. The first kappa shape index (κ1) is 11.5. The van der Waals surface area contributed by atoms with Crippen LogP contribution < -0.4 is 5.32 Å². The molecule has 0 aliphatic heterocycles. The zero-order valence-corrected chi connectivity index (χ0v) is 8.51. The molecule has 0 aliphatic rings. The number of carboxylic acids is 1. The second-order valence-electron chi connectivity index (χ2n) is 2.87. The fourth-order valence-corrected chi connectivity index (χ4v) is 1.06. The van der Waals surface area contributed by atoms with Gasteiger partial charge in [0, 0.05) is 10.7 Å². The first-order chi connectivity index (χ1) is 7.00. The summed E-state index contributed by atoms with van der Waals surface area (Å²) in [7, 11) is 0. The summed E-state index contributed by atoms with van der Waals surface area (Å²) in [5, 5.41) is 11.8. The molecule has 0 saturated carbocycles. The van der Waals surface area contributed by atoms with E-state index in [-0.39, 0.29) is 5.56 Å². The summed E-state index contributed by atoms with van der Waals surface area (Å²) in [4.78, 5) is 10.5. The summed E-state index contributed by atoms with van der Waals surface area (Å²) >= 11 is 5.50. The van der Waals surface area contributed by atoms with Crippen LogP contribution in [0.1, 0.15) is 10.4 Å². The van der Waals surface area contributed by atoms with Crippen molar-refractivity contribution in [2.75, 3.05) is 11.9 Å². The number of halogens is 2. The lowest BCUT2D eigenvalue weighted by Crippen LogP contribution is -2.04. The molecule has 0 atom stereocenters. The van der Waals surface area contributed by atoms with Gasteiger partial charge in [0.15, 0.2) is 0 Å². The van der Waals surface area contributed by atoms with E-state index < -0.39 is 11.8 Å². The van der Waals surface area contributed by atoms with E-state index in [4.69, 9.17) is 16.7 Å². The first-order valence-electron chi connectivity index (χ1n) is 4.10. The van der Waals surface area contributed by atoms with Gasteiger partial charge in [-0.1, -0.05) is 18.2 Å². The van der Waals surface area contributed by atoms with Gasteiger partial charge in [-0.05, 0) is 18.2 Å². The summed E-state index contributed by atoms with van der Waals surface area (Å²) in [5.41, 5.74) is 0.101.